The Morgan fingerprint density at radius 1 is 1.14 bits per heavy atom. The molecule has 1 aromatic carbocycles. The number of likely N-dealkylation sites (N-methyl/N-ethyl adjacent to an activating group) is 2. The van der Waals surface area contributed by atoms with Gasteiger partial charge in [-0.05, 0) is 32.3 Å². The van der Waals surface area contributed by atoms with Gasteiger partial charge in [0, 0.05) is 50.9 Å². The van der Waals surface area contributed by atoms with E-state index in [4.69, 9.17) is 9.47 Å². The molecular weight excluding hydrogens is 536 g/mol. The van der Waals surface area contributed by atoms with Gasteiger partial charge in [-0.15, -0.1) is 0 Å². The molecule has 220 valence electrons. The minimum atomic E-state index is -0.314. The molecule has 1 amide bonds. The fourth-order valence-corrected chi connectivity index (χ4v) is 4.59. The van der Waals surface area contributed by atoms with Gasteiger partial charge in [-0.3, -0.25) is 9.48 Å². The maximum absolute atomic E-state index is 12.2. The average Bonchev–Trinajstić information content (AvgIpc) is 3.33. The predicted octanol–water partition coefficient (Wildman–Crippen LogP) is 2.90. The van der Waals surface area contributed by atoms with Crippen molar-refractivity contribution >= 4 is 45.6 Å². The Morgan fingerprint density at radius 2 is 1.95 bits per heavy atom. The summed E-state index contributed by atoms with van der Waals surface area (Å²) in [6.45, 7) is 6.58. The van der Waals surface area contributed by atoms with Crippen LogP contribution in [0.25, 0.3) is 11.0 Å². The number of aryl methyl sites for hydroxylation is 1. The molecule has 0 radical (unpaired) electrons. The molecule has 0 unspecified atom stereocenters. The lowest BCUT2D eigenvalue weighted by atomic mass is 10.1. The van der Waals surface area contributed by atoms with Crippen LogP contribution in [0.1, 0.15) is 0 Å². The monoisotopic (exact) mass is 572 g/mol. The number of hydrogen-bond acceptors (Lipinski definition) is 11. The van der Waals surface area contributed by atoms with E-state index in [1.807, 2.05) is 46.7 Å². The Balaban J connectivity index is 1.28. The molecule has 0 spiro atoms. The summed E-state index contributed by atoms with van der Waals surface area (Å²) in [7, 11) is 9.47. The van der Waals surface area contributed by atoms with E-state index in [1.165, 1.54) is 6.08 Å². The van der Waals surface area contributed by atoms with E-state index in [0.717, 1.165) is 35.5 Å². The highest BCUT2D eigenvalue weighted by molar-refractivity contribution is 6.02. The van der Waals surface area contributed by atoms with Gasteiger partial charge in [0.15, 0.2) is 5.65 Å². The van der Waals surface area contributed by atoms with Crippen molar-refractivity contribution in [2.45, 2.75) is 6.10 Å². The summed E-state index contributed by atoms with van der Waals surface area (Å²) in [4.78, 5) is 32.0. The maximum atomic E-state index is 12.2. The number of rotatable bonds is 12. The van der Waals surface area contributed by atoms with E-state index in [9.17, 15) is 4.79 Å². The second kappa shape index (κ2) is 12.3. The summed E-state index contributed by atoms with van der Waals surface area (Å²) < 4.78 is 13.6. The lowest BCUT2D eigenvalue weighted by Crippen LogP contribution is -2.54. The smallest absolute Gasteiger partial charge is 0.247 e. The van der Waals surface area contributed by atoms with Crippen molar-refractivity contribution in [3.63, 3.8) is 0 Å². The van der Waals surface area contributed by atoms with Crippen LogP contribution in [0.4, 0.5) is 28.7 Å². The number of carbonyl (C=O) groups is 1. The minimum absolute atomic E-state index is 0.0235. The summed E-state index contributed by atoms with van der Waals surface area (Å²) >= 11 is 0. The number of aromatic nitrogens is 5. The molecule has 2 N–H and O–H groups in total. The minimum Gasteiger partial charge on any atom is -0.494 e. The van der Waals surface area contributed by atoms with Crippen LogP contribution in [0.5, 0.6) is 11.6 Å². The van der Waals surface area contributed by atoms with Crippen LogP contribution in [0.3, 0.4) is 0 Å². The number of hydrogen-bond donors (Lipinski definition) is 2. The molecule has 1 saturated heterocycles. The van der Waals surface area contributed by atoms with Gasteiger partial charge in [0.05, 0.1) is 55.3 Å². The van der Waals surface area contributed by atoms with Gasteiger partial charge in [-0.1, -0.05) is 6.58 Å². The summed E-state index contributed by atoms with van der Waals surface area (Å²) in [6.07, 6.45) is 6.52. The predicted molar refractivity (Wildman–Crippen MR) is 164 cm³/mol. The SMILES string of the molecule is C=CC(=O)Nc1cc(Nc2nccc(OC3CN(c4cnc5c(cnn5C)c4)C3)n2)c(OC)cc1N(C)CCN(C)C. The normalized spacial score (nSPS) is 13.1. The molecule has 1 aliphatic heterocycles. The number of nitrogens with zero attached hydrogens (tertiary/aromatic N) is 8. The van der Waals surface area contributed by atoms with Crippen molar-refractivity contribution in [2.24, 2.45) is 7.05 Å². The molecule has 13 heteroatoms. The molecule has 0 saturated carbocycles. The Labute approximate surface area is 244 Å². The summed E-state index contributed by atoms with van der Waals surface area (Å²) in [5.41, 5.74) is 3.88. The summed E-state index contributed by atoms with van der Waals surface area (Å²) in [5, 5.41) is 11.4. The largest absolute Gasteiger partial charge is 0.494 e. The van der Waals surface area contributed by atoms with Gasteiger partial charge in [-0.2, -0.15) is 10.1 Å². The van der Waals surface area contributed by atoms with Crippen LogP contribution in [0.2, 0.25) is 0 Å². The highest BCUT2D eigenvalue weighted by atomic mass is 16.5. The van der Waals surface area contributed by atoms with Crippen LogP contribution < -0.4 is 29.9 Å². The van der Waals surface area contributed by atoms with Crippen molar-refractivity contribution in [3.05, 3.63) is 55.5 Å². The number of anilines is 5. The zero-order valence-electron chi connectivity index (χ0n) is 24.5. The molecule has 4 aromatic rings. The van der Waals surface area contributed by atoms with Crippen LogP contribution in [-0.2, 0) is 11.8 Å². The van der Waals surface area contributed by atoms with Crippen LogP contribution in [0, 0.1) is 0 Å². The molecule has 42 heavy (non-hydrogen) atoms. The van der Waals surface area contributed by atoms with Crippen molar-refractivity contribution < 1.29 is 14.3 Å². The number of amides is 1. The van der Waals surface area contributed by atoms with Gasteiger partial charge in [0.25, 0.3) is 0 Å². The number of fused-ring (bicyclic) bond motifs is 1. The standard InChI is InChI=1S/C29H36N10O3/c1-7-26(40)33-22-13-23(25(41-6)14-24(22)37(4)11-10-36(2)3)34-29-30-9-8-27(35-29)42-21-17-39(18-21)20-12-19-15-32-38(5)28(19)31-16-20/h7-9,12-16,21H,1,10-11,17-18H2,2-6H3,(H,33,40)(H,30,34,35). The topological polar surface area (TPSA) is 126 Å². The van der Waals surface area contributed by atoms with Gasteiger partial charge in [-0.25, -0.2) is 9.97 Å². The number of carbonyl (C=O) groups excluding carboxylic acids is 1. The molecule has 13 nitrogen and oxygen atoms in total. The third-order valence-electron chi connectivity index (χ3n) is 6.99. The molecule has 1 aliphatic rings. The van der Waals surface area contributed by atoms with Crippen molar-refractivity contribution in [3.8, 4) is 11.6 Å². The molecular formula is C29H36N10O3. The van der Waals surface area contributed by atoms with Gasteiger partial charge >= 0.3 is 0 Å². The first kappa shape index (κ1) is 28.6. The molecule has 0 aliphatic carbocycles. The second-order valence-electron chi connectivity index (χ2n) is 10.4. The second-order valence-corrected chi connectivity index (χ2v) is 10.4. The summed E-state index contributed by atoms with van der Waals surface area (Å²) in [5.74, 6) is 1.05. The first-order chi connectivity index (χ1) is 20.2. The van der Waals surface area contributed by atoms with Crippen LogP contribution >= 0.6 is 0 Å². The number of pyridine rings is 1. The maximum Gasteiger partial charge on any atom is 0.247 e. The Bertz CT molecular complexity index is 1580. The van der Waals surface area contributed by atoms with Gasteiger partial charge in [0.2, 0.25) is 17.7 Å². The Hall–Kier alpha value is -4.91. The Morgan fingerprint density at radius 3 is 2.69 bits per heavy atom. The van der Waals surface area contributed by atoms with E-state index in [2.05, 4.69) is 58.0 Å². The number of benzene rings is 1. The summed E-state index contributed by atoms with van der Waals surface area (Å²) in [6, 6.07) is 7.49. The zero-order chi connectivity index (χ0) is 29.8. The first-order valence-corrected chi connectivity index (χ1v) is 13.5. The number of nitrogens with one attached hydrogen (secondary N) is 2. The van der Waals surface area contributed by atoms with Crippen molar-refractivity contribution in [2.75, 3.05) is 74.9 Å². The van der Waals surface area contributed by atoms with Crippen LogP contribution in [-0.4, -0.2) is 96.1 Å². The van der Waals surface area contributed by atoms with Gasteiger partial charge < -0.3 is 34.8 Å². The highest BCUT2D eigenvalue weighted by Crippen LogP contribution is 2.38. The molecule has 4 heterocycles. The van der Waals surface area contributed by atoms with Crippen molar-refractivity contribution in [1.82, 2.24) is 29.6 Å². The third-order valence-corrected chi connectivity index (χ3v) is 6.99. The quantitative estimate of drug-likeness (QED) is 0.243. The van der Waals surface area contributed by atoms with E-state index in [1.54, 1.807) is 30.1 Å². The number of ether oxygens (including phenoxy) is 2. The van der Waals surface area contributed by atoms with Crippen LogP contribution in [0.15, 0.2) is 55.5 Å². The zero-order valence-corrected chi connectivity index (χ0v) is 24.5. The lowest BCUT2D eigenvalue weighted by molar-refractivity contribution is -0.111. The lowest BCUT2D eigenvalue weighted by Gasteiger charge is -2.40. The van der Waals surface area contributed by atoms with Gasteiger partial charge in [0.1, 0.15) is 11.9 Å². The Kier molecular flexibility index (Phi) is 8.38. The third kappa shape index (κ3) is 6.36. The number of methoxy groups -OCH3 is 1. The van der Waals surface area contributed by atoms with E-state index >= 15 is 0 Å². The average molecular weight is 573 g/mol. The van der Waals surface area contributed by atoms with E-state index in [0.29, 0.717) is 42.0 Å². The molecule has 1 fully saturated rings. The molecule has 0 bridgehead atoms. The fraction of sp³-hybridized carbons (Fsp3) is 0.345. The molecule has 0 atom stereocenters. The van der Waals surface area contributed by atoms with Crippen molar-refractivity contribution in [1.29, 1.82) is 0 Å². The first-order valence-electron chi connectivity index (χ1n) is 13.5. The highest BCUT2D eigenvalue weighted by Gasteiger charge is 2.30. The molecule has 3 aromatic heterocycles. The molecule has 5 rings (SSSR count). The van der Waals surface area contributed by atoms with E-state index < -0.39 is 0 Å². The fourth-order valence-electron chi connectivity index (χ4n) is 4.59. The van der Waals surface area contributed by atoms with E-state index in [-0.39, 0.29) is 12.0 Å².